The lowest BCUT2D eigenvalue weighted by Crippen LogP contribution is -2.46. The zero-order valence-corrected chi connectivity index (χ0v) is 14.0. The fourth-order valence-corrected chi connectivity index (χ4v) is 2.73. The minimum absolute atomic E-state index is 0.286. The van der Waals surface area contributed by atoms with Gasteiger partial charge in [-0.05, 0) is 19.3 Å². The molecule has 0 aromatic rings. The van der Waals surface area contributed by atoms with E-state index in [4.69, 9.17) is 18.9 Å². The van der Waals surface area contributed by atoms with Gasteiger partial charge in [-0.2, -0.15) is 0 Å². The first-order chi connectivity index (χ1) is 10.2. The lowest BCUT2D eigenvalue weighted by atomic mass is 9.84. The Labute approximate surface area is 129 Å². The fourth-order valence-electron chi connectivity index (χ4n) is 2.73. The minimum Gasteiger partial charge on any atom is -0.380 e. The molecule has 2 heterocycles. The van der Waals surface area contributed by atoms with Crippen LogP contribution in [0.15, 0.2) is 0 Å². The summed E-state index contributed by atoms with van der Waals surface area (Å²) >= 11 is 0. The van der Waals surface area contributed by atoms with Gasteiger partial charge in [0.15, 0.2) is 0 Å². The van der Waals surface area contributed by atoms with Crippen LogP contribution >= 0.6 is 0 Å². The first-order valence-electron chi connectivity index (χ1n) is 8.48. The monoisotopic (exact) mass is 300 g/mol. The molecule has 0 aromatic heterocycles. The zero-order valence-electron chi connectivity index (χ0n) is 14.0. The first-order valence-corrected chi connectivity index (χ1v) is 8.48. The highest BCUT2D eigenvalue weighted by atomic mass is 16.5. The molecule has 2 aliphatic rings. The third-order valence-electron chi connectivity index (χ3n) is 5.23. The summed E-state index contributed by atoms with van der Waals surface area (Å²) in [6, 6.07) is 0. The minimum atomic E-state index is 0.286. The van der Waals surface area contributed by atoms with E-state index in [2.05, 4.69) is 20.8 Å². The van der Waals surface area contributed by atoms with Gasteiger partial charge in [0.05, 0.1) is 52.9 Å². The fraction of sp³-hybridized carbons (Fsp3) is 1.00. The quantitative estimate of drug-likeness (QED) is 0.588. The molecule has 0 bridgehead atoms. The van der Waals surface area contributed by atoms with Gasteiger partial charge in [-0.15, -0.1) is 0 Å². The Morgan fingerprint density at radius 2 is 1.24 bits per heavy atom. The predicted octanol–water partition coefficient (Wildman–Crippen LogP) is 2.90. The van der Waals surface area contributed by atoms with Crippen LogP contribution in [-0.2, 0) is 18.9 Å². The van der Waals surface area contributed by atoms with Crippen LogP contribution in [0.4, 0.5) is 0 Å². The van der Waals surface area contributed by atoms with Crippen LogP contribution in [0.25, 0.3) is 0 Å². The first kappa shape index (κ1) is 17.2. The number of ether oxygens (including phenoxy) is 4. The second-order valence-electron chi connectivity index (χ2n) is 7.00. The molecule has 0 aliphatic carbocycles. The largest absolute Gasteiger partial charge is 0.380 e. The molecule has 2 rings (SSSR count). The summed E-state index contributed by atoms with van der Waals surface area (Å²) in [5.74, 6) is 0.495. The van der Waals surface area contributed by atoms with E-state index >= 15 is 0 Å². The maximum absolute atomic E-state index is 5.95. The lowest BCUT2D eigenvalue weighted by Gasteiger charge is -2.41. The maximum Gasteiger partial charge on any atom is 0.0566 e. The predicted molar refractivity (Wildman–Crippen MR) is 82.5 cm³/mol. The van der Waals surface area contributed by atoms with E-state index in [1.165, 1.54) is 0 Å². The molecule has 0 atom stereocenters. The van der Waals surface area contributed by atoms with Crippen molar-refractivity contribution in [3.8, 4) is 0 Å². The Balaban J connectivity index is 1.59. The summed E-state index contributed by atoms with van der Waals surface area (Å²) in [5, 5.41) is 0. The van der Waals surface area contributed by atoms with Crippen LogP contribution in [0.5, 0.6) is 0 Å². The SMILES string of the molecule is CCC(COCC1(CC)COC1)COCC1(CC)COC1. The third-order valence-corrected chi connectivity index (χ3v) is 5.23. The van der Waals surface area contributed by atoms with Crippen molar-refractivity contribution in [2.24, 2.45) is 16.7 Å². The number of hydrogen-bond donors (Lipinski definition) is 0. The van der Waals surface area contributed by atoms with Crippen LogP contribution in [0, 0.1) is 16.7 Å². The highest BCUT2D eigenvalue weighted by Gasteiger charge is 2.38. The molecule has 21 heavy (non-hydrogen) atoms. The van der Waals surface area contributed by atoms with Crippen LogP contribution in [-0.4, -0.2) is 52.9 Å². The van der Waals surface area contributed by atoms with Crippen LogP contribution in [0.2, 0.25) is 0 Å². The molecular weight excluding hydrogens is 268 g/mol. The summed E-state index contributed by atoms with van der Waals surface area (Å²) in [4.78, 5) is 0. The average molecular weight is 300 g/mol. The molecule has 0 aromatic carbocycles. The molecule has 2 aliphatic heterocycles. The van der Waals surface area contributed by atoms with Gasteiger partial charge in [-0.25, -0.2) is 0 Å². The Hall–Kier alpha value is -0.160. The van der Waals surface area contributed by atoms with E-state index < -0.39 is 0 Å². The Kier molecular flexibility index (Phi) is 6.48. The van der Waals surface area contributed by atoms with Crippen molar-refractivity contribution in [2.75, 3.05) is 52.9 Å². The normalized spacial score (nSPS) is 22.9. The number of rotatable bonds is 11. The lowest BCUT2D eigenvalue weighted by molar-refractivity contribution is -0.161. The number of hydrogen-bond acceptors (Lipinski definition) is 4. The van der Waals surface area contributed by atoms with Crippen molar-refractivity contribution in [1.82, 2.24) is 0 Å². The summed E-state index contributed by atoms with van der Waals surface area (Å²) in [6.07, 6.45) is 3.38. The Morgan fingerprint density at radius 3 is 1.48 bits per heavy atom. The zero-order chi connectivity index (χ0) is 15.2. The molecule has 4 heteroatoms. The van der Waals surface area contributed by atoms with Gasteiger partial charge in [0, 0.05) is 16.7 Å². The molecule has 0 amide bonds. The smallest absolute Gasteiger partial charge is 0.0566 e. The van der Waals surface area contributed by atoms with Crippen LogP contribution in [0.3, 0.4) is 0 Å². The molecule has 124 valence electrons. The molecule has 0 radical (unpaired) electrons. The molecule has 0 saturated carbocycles. The van der Waals surface area contributed by atoms with Crippen molar-refractivity contribution in [1.29, 1.82) is 0 Å². The van der Waals surface area contributed by atoms with Crippen LogP contribution < -0.4 is 0 Å². The average Bonchev–Trinajstić information content (AvgIpc) is 2.42. The topological polar surface area (TPSA) is 36.9 Å². The van der Waals surface area contributed by atoms with E-state index in [0.717, 1.165) is 72.1 Å². The van der Waals surface area contributed by atoms with Gasteiger partial charge >= 0.3 is 0 Å². The molecular formula is C17H32O4. The van der Waals surface area contributed by atoms with Gasteiger partial charge in [0.2, 0.25) is 0 Å². The summed E-state index contributed by atoms with van der Waals surface area (Å²) in [6.45, 7) is 13.3. The summed E-state index contributed by atoms with van der Waals surface area (Å²) in [7, 11) is 0. The standard InChI is InChI=1S/C17H32O4/c1-4-15(7-18-9-16(5-2)11-20-12-16)8-19-10-17(6-3)13-21-14-17/h15H,4-14H2,1-3H3. The van der Waals surface area contributed by atoms with Gasteiger partial charge < -0.3 is 18.9 Å². The van der Waals surface area contributed by atoms with Gasteiger partial charge in [0.1, 0.15) is 0 Å². The highest BCUT2D eigenvalue weighted by molar-refractivity contribution is 4.85. The summed E-state index contributed by atoms with van der Waals surface area (Å²) in [5.41, 5.74) is 0.573. The molecule has 0 N–H and O–H groups in total. The van der Waals surface area contributed by atoms with Crippen molar-refractivity contribution < 1.29 is 18.9 Å². The molecule has 2 fully saturated rings. The van der Waals surface area contributed by atoms with Crippen molar-refractivity contribution in [3.05, 3.63) is 0 Å². The van der Waals surface area contributed by atoms with E-state index in [1.54, 1.807) is 0 Å². The van der Waals surface area contributed by atoms with E-state index in [1.807, 2.05) is 0 Å². The highest BCUT2D eigenvalue weighted by Crippen LogP contribution is 2.32. The van der Waals surface area contributed by atoms with E-state index in [-0.39, 0.29) is 10.8 Å². The molecule has 0 unspecified atom stereocenters. The molecule has 4 nitrogen and oxygen atoms in total. The van der Waals surface area contributed by atoms with Gasteiger partial charge in [0.25, 0.3) is 0 Å². The Bertz CT molecular complexity index is 258. The molecule has 2 saturated heterocycles. The van der Waals surface area contributed by atoms with Crippen molar-refractivity contribution >= 4 is 0 Å². The summed E-state index contributed by atoms with van der Waals surface area (Å²) < 4.78 is 22.6. The molecule has 0 spiro atoms. The van der Waals surface area contributed by atoms with Crippen LogP contribution in [0.1, 0.15) is 40.0 Å². The van der Waals surface area contributed by atoms with E-state index in [0.29, 0.717) is 5.92 Å². The third kappa shape index (κ3) is 4.41. The van der Waals surface area contributed by atoms with Crippen molar-refractivity contribution in [2.45, 2.75) is 40.0 Å². The van der Waals surface area contributed by atoms with E-state index in [9.17, 15) is 0 Å². The van der Waals surface area contributed by atoms with Gasteiger partial charge in [-0.3, -0.25) is 0 Å². The second-order valence-corrected chi connectivity index (χ2v) is 7.00. The van der Waals surface area contributed by atoms with Crippen molar-refractivity contribution in [3.63, 3.8) is 0 Å². The second kappa shape index (κ2) is 7.91. The Morgan fingerprint density at radius 1 is 0.810 bits per heavy atom. The van der Waals surface area contributed by atoms with Gasteiger partial charge in [-0.1, -0.05) is 20.8 Å². The maximum atomic E-state index is 5.95.